The van der Waals surface area contributed by atoms with Gasteiger partial charge in [0.25, 0.3) is 0 Å². The highest BCUT2D eigenvalue weighted by molar-refractivity contribution is 5.39. The summed E-state index contributed by atoms with van der Waals surface area (Å²) in [7, 11) is 2.00. The van der Waals surface area contributed by atoms with Crippen molar-refractivity contribution in [1.29, 1.82) is 0 Å². The molecule has 0 amide bonds. The Morgan fingerprint density at radius 2 is 2.44 bits per heavy atom. The van der Waals surface area contributed by atoms with Gasteiger partial charge in [-0.25, -0.2) is 4.98 Å². The smallest absolute Gasteiger partial charge is 0.221 e. The molecule has 2 N–H and O–H groups in total. The monoisotopic (exact) mass is 222 g/mol. The summed E-state index contributed by atoms with van der Waals surface area (Å²) in [5, 5.41) is 0. The number of nitrogens with two attached hydrogens (primary N) is 1. The van der Waals surface area contributed by atoms with E-state index in [1.165, 1.54) is 12.8 Å². The third kappa shape index (κ3) is 2.82. The van der Waals surface area contributed by atoms with Gasteiger partial charge in [0.2, 0.25) is 5.95 Å². The van der Waals surface area contributed by atoms with Gasteiger partial charge in [0.05, 0.1) is 6.10 Å². The first-order chi connectivity index (χ1) is 7.75. The van der Waals surface area contributed by atoms with E-state index < -0.39 is 0 Å². The standard InChI is InChI=1S/C11H18N4O/c1-15(8-9-4-2-3-7-16-9)10-5-6-13-11(12)14-10/h5-6,9H,2-4,7-8H2,1H3,(H2,12,13,14). The summed E-state index contributed by atoms with van der Waals surface area (Å²) in [5.41, 5.74) is 5.55. The highest BCUT2D eigenvalue weighted by Gasteiger charge is 2.16. The van der Waals surface area contributed by atoms with Gasteiger partial charge in [-0.05, 0) is 25.3 Å². The lowest BCUT2D eigenvalue weighted by molar-refractivity contribution is 0.0215. The third-order valence-electron chi connectivity index (χ3n) is 2.80. The van der Waals surface area contributed by atoms with Crippen molar-refractivity contribution in [2.24, 2.45) is 0 Å². The van der Waals surface area contributed by atoms with Crippen LogP contribution in [-0.2, 0) is 4.74 Å². The minimum Gasteiger partial charge on any atom is -0.376 e. The summed E-state index contributed by atoms with van der Waals surface area (Å²) < 4.78 is 5.68. The van der Waals surface area contributed by atoms with Crippen LogP contribution >= 0.6 is 0 Å². The fourth-order valence-corrected chi connectivity index (χ4v) is 1.93. The molecule has 16 heavy (non-hydrogen) atoms. The zero-order chi connectivity index (χ0) is 11.4. The Hall–Kier alpha value is -1.36. The predicted molar refractivity (Wildman–Crippen MR) is 63.3 cm³/mol. The topological polar surface area (TPSA) is 64.3 Å². The number of anilines is 2. The Labute approximate surface area is 95.6 Å². The quantitative estimate of drug-likeness (QED) is 0.828. The fraction of sp³-hybridized carbons (Fsp3) is 0.636. The zero-order valence-corrected chi connectivity index (χ0v) is 9.59. The molecule has 5 nitrogen and oxygen atoms in total. The summed E-state index contributed by atoms with van der Waals surface area (Å²) >= 11 is 0. The van der Waals surface area contributed by atoms with Crippen molar-refractivity contribution in [3.8, 4) is 0 Å². The molecular weight excluding hydrogens is 204 g/mol. The average Bonchev–Trinajstić information content (AvgIpc) is 2.30. The van der Waals surface area contributed by atoms with Crippen LogP contribution < -0.4 is 10.6 Å². The van der Waals surface area contributed by atoms with E-state index in [0.29, 0.717) is 12.1 Å². The van der Waals surface area contributed by atoms with Gasteiger partial charge in [-0.2, -0.15) is 4.98 Å². The van der Waals surface area contributed by atoms with Crippen molar-refractivity contribution in [1.82, 2.24) is 9.97 Å². The van der Waals surface area contributed by atoms with Gasteiger partial charge < -0.3 is 15.4 Å². The summed E-state index contributed by atoms with van der Waals surface area (Å²) in [5.74, 6) is 1.16. The molecule has 0 saturated carbocycles. The van der Waals surface area contributed by atoms with Gasteiger partial charge in [0, 0.05) is 26.4 Å². The molecule has 1 aromatic heterocycles. The fourth-order valence-electron chi connectivity index (χ4n) is 1.93. The zero-order valence-electron chi connectivity index (χ0n) is 9.59. The molecule has 1 atom stereocenters. The van der Waals surface area contributed by atoms with Crippen molar-refractivity contribution < 1.29 is 4.74 Å². The minimum absolute atomic E-state index is 0.314. The van der Waals surface area contributed by atoms with E-state index in [2.05, 4.69) is 14.9 Å². The van der Waals surface area contributed by atoms with Gasteiger partial charge in [0.15, 0.2) is 0 Å². The first-order valence-electron chi connectivity index (χ1n) is 5.67. The van der Waals surface area contributed by atoms with Crippen LogP contribution in [0.4, 0.5) is 11.8 Å². The van der Waals surface area contributed by atoms with E-state index in [0.717, 1.165) is 25.4 Å². The highest BCUT2D eigenvalue weighted by Crippen LogP contribution is 2.16. The molecule has 0 spiro atoms. The van der Waals surface area contributed by atoms with E-state index in [1.807, 2.05) is 13.1 Å². The maximum atomic E-state index is 5.68. The molecule has 1 aliphatic rings. The first kappa shape index (κ1) is 11.1. The molecular formula is C11H18N4O. The Morgan fingerprint density at radius 1 is 1.56 bits per heavy atom. The van der Waals surface area contributed by atoms with Crippen molar-refractivity contribution in [3.05, 3.63) is 12.3 Å². The summed E-state index contributed by atoms with van der Waals surface area (Å²) in [6, 6.07) is 1.86. The lowest BCUT2D eigenvalue weighted by atomic mass is 10.1. The van der Waals surface area contributed by atoms with E-state index in [4.69, 9.17) is 10.5 Å². The second kappa shape index (κ2) is 5.12. The van der Waals surface area contributed by atoms with Crippen molar-refractivity contribution in [2.75, 3.05) is 30.8 Å². The molecule has 88 valence electrons. The Balaban J connectivity index is 1.94. The number of hydrogen-bond acceptors (Lipinski definition) is 5. The number of nitrogen functional groups attached to an aromatic ring is 1. The van der Waals surface area contributed by atoms with E-state index in [-0.39, 0.29) is 0 Å². The van der Waals surface area contributed by atoms with Crippen molar-refractivity contribution in [3.63, 3.8) is 0 Å². The number of hydrogen-bond donors (Lipinski definition) is 1. The molecule has 1 fully saturated rings. The second-order valence-electron chi connectivity index (χ2n) is 4.14. The van der Waals surface area contributed by atoms with Gasteiger partial charge >= 0.3 is 0 Å². The third-order valence-corrected chi connectivity index (χ3v) is 2.80. The lowest BCUT2D eigenvalue weighted by Gasteiger charge is -2.27. The predicted octanol–water partition coefficient (Wildman–Crippen LogP) is 1.06. The summed E-state index contributed by atoms with van der Waals surface area (Å²) in [4.78, 5) is 10.1. The van der Waals surface area contributed by atoms with E-state index in [1.54, 1.807) is 6.20 Å². The van der Waals surface area contributed by atoms with Gasteiger partial charge in [0.1, 0.15) is 5.82 Å². The van der Waals surface area contributed by atoms with Crippen LogP contribution in [-0.4, -0.2) is 36.3 Å². The van der Waals surface area contributed by atoms with Crippen molar-refractivity contribution >= 4 is 11.8 Å². The van der Waals surface area contributed by atoms with Crippen LogP contribution in [0.15, 0.2) is 12.3 Å². The van der Waals surface area contributed by atoms with Crippen molar-refractivity contribution in [2.45, 2.75) is 25.4 Å². The molecule has 2 heterocycles. The number of ether oxygens (including phenoxy) is 1. The number of nitrogens with zero attached hydrogens (tertiary/aromatic N) is 3. The Kier molecular flexibility index (Phi) is 3.56. The van der Waals surface area contributed by atoms with E-state index in [9.17, 15) is 0 Å². The number of aromatic nitrogens is 2. The Bertz CT molecular complexity index is 339. The van der Waals surface area contributed by atoms with Crippen LogP contribution in [0, 0.1) is 0 Å². The average molecular weight is 222 g/mol. The van der Waals surface area contributed by atoms with Gasteiger partial charge in [-0.1, -0.05) is 0 Å². The molecule has 1 saturated heterocycles. The van der Waals surface area contributed by atoms with E-state index >= 15 is 0 Å². The molecule has 5 heteroatoms. The van der Waals surface area contributed by atoms with Gasteiger partial charge in [-0.3, -0.25) is 0 Å². The van der Waals surface area contributed by atoms with Crippen LogP contribution in [0.2, 0.25) is 0 Å². The maximum absolute atomic E-state index is 5.68. The van der Waals surface area contributed by atoms with Crippen LogP contribution in [0.5, 0.6) is 0 Å². The summed E-state index contributed by atoms with van der Waals surface area (Å²) in [6.45, 7) is 1.74. The summed E-state index contributed by atoms with van der Waals surface area (Å²) in [6.07, 6.45) is 5.56. The maximum Gasteiger partial charge on any atom is 0.221 e. The highest BCUT2D eigenvalue weighted by atomic mass is 16.5. The van der Waals surface area contributed by atoms with Crippen LogP contribution in [0.3, 0.4) is 0 Å². The molecule has 1 aromatic rings. The molecule has 0 bridgehead atoms. The Morgan fingerprint density at radius 3 is 3.12 bits per heavy atom. The molecule has 1 unspecified atom stereocenters. The van der Waals surface area contributed by atoms with Crippen LogP contribution in [0.25, 0.3) is 0 Å². The SMILES string of the molecule is CN(CC1CCCCO1)c1ccnc(N)n1. The molecule has 0 aromatic carbocycles. The second-order valence-corrected chi connectivity index (χ2v) is 4.14. The normalized spacial score (nSPS) is 20.7. The number of rotatable bonds is 3. The largest absolute Gasteiger partial charge is 0.376 e. The molecule has 0 radical (unpaired) electrons. The lowest BCUT2D eigenvalue weighted by Crippen LogP contribution is -2.33. The number of likely N-dealkylation sites (N-methyl/N-ethyl adjacent to an activating group) is 1. The molecule has 1 aliphatic heterocycles. The molecule has 2 rings (SSSR count). The van der Waals surface area contributed by atoms with Gasteiger partial charge in [-0.15, -0.1) is 0 Å². The first-order valence-corrected chi connectivity index (χ1v) is 5.67. The van der Waals surface area contributed by atoms with Crippen LogP contribution in [0.1, 0.15) is 19.3 Å². The minimum atomic E-state index is 0.314. The molecule has 0 aliphatic carbocycles.